The van der Waals surface area contributed by atoms with Crippen molar-refractivity contribution in [2.75, 3.05) is 19.6 Å². The second-order valence-corrected chi connectivity index (χ2v) is 11.8. The molecule has 0 amide bonds. The topological polar surface area (TPSA) is 60.4 Å². The molecule has 220 valence electrons. The fourth-order valence-electron chi connectivity index (χ4n) is 6.02. The van der Waals surface area contributed by atoms with Crippen LogP contribution in [0.2, 0.25) is 0 Å². The third-order valence-electron chi connectivity index (χ3n) is 8.33. The van der Waals surface area contributed by atoms with Crippen molar-refractivity contribution < 1.29 is 4.84 Å². The molecule has 1 aliphatic heterocycles. The molecule has 1 fully saturated rings. The molecule has 42 heavy (non-hydrogen) atoms. The number of nitrogens with one attached hydrogen (secondary N) is 3. The highest BCUT2D eigenvalue weighted by Crippen LogP contribution is 2.25. The summed E-state index contributed by atoms with van der Waals surface area (Å²) in [5.41, 5.74) is 8.91. The van der Waals surface area contributed by atoms with Crippen molar-refractivity contribution in [3.05, 3.63) is 119 Å². The molecule has 0 aliphatic carbocycles. The first-order valence-electron chi connectivity index (χ1n) is 15.6. The lowest BCUT2D eigenvalue weighted by Gasteiger charge is -2.30. The van der Waals surface area contributed by atoms with Crippen LogP contribution in [0.25, 0.3) is 10.8 Å². The zero-order valence-electron chi connectivity index (χ0n) is 25.2. The molecule has 0 spiro atoms. The summed E-state index contributed by atoms with van der Waals surface area (Å²) in [6.07, 6.45) is 6.09. The van der Waals surface area contributed by atoms with Gasteiger partial charge in [0.15, 0.2) is 0 Å². The summed E-state index contributed by atoms with van der Waals surface area (Å²) in [6.45, 7) is 7.34. The predicted molar refractivity (Wildman–Crippen MR) is 175 cm³/mol. The minimum absolute atomic E-state index is 0.153. The third kappa shape index (κ3) is 8.59. The van der Waals surface area contributed by atoms with Gasteiger partial charge in [0, 0.05) is 30.8 Å². The highest BCUT2D eigenvalue weighted by atomic mass is 16.7. The number of fused-ring (bicyclic) bond motifs is 1. The number of rotatable bonds is 15. The molecule has 4 aromatic carbocycles. The molecule has 2 unspecified atom stereocenters. The Morgan fingerprint density at radius 2 is 1.52 bits per heavy atom. The second-order valence-electron chi connectivity index (χ2n) is 11.8. The molecule has 5 heteroatoms. The molecule has 0 saturated carbocycles. The van der Waals surface area contributed by atoms with E-state index in [0.717, 1.165) is 50.9 Å². The molecule has 0 radical (unpaired) electrons. The van der Waals surface area contributed by atoms with Crippen molar-refractivity contribution in [1.29, 1.82) is 5.41 Å². The van der Waals surface area contributed by atoms with Crippen LogP contribution in [-0.4, -0.2) is 42.5 Å². The molecular weight excluding hydrogens is 516 g/mol. The van der Waals surface area contributed by atoms with Crippen LogP contribution in [0.1, 0.15) is 67.8 Å². The van der Waals surface area contributed by atoms with E-state index in [4.69, 9.17) is 10.2 Å². The lowest BCUT2D eigenvalue weighted by atomic mass is 9.98. The van der Waals surface area contributed by atoms with E-state index in [1.54, 1.807) is 0 Å². The summed E-state index contributed by atoms with van der Waals surface area (Å²) < 4.78 is 0. The summed E-state index contributed by atoms with van der Waals surface area (Å²) >= 11 is 0. The van der Waals surface area contributed by atoms with Gasteiger partial charge >= 0.3 is 0 Å². The molecule has 1 saturated heterocycles. The molecule has 1 aliphatic rings. The minimum atomic E-state index is -0.195. The van der Waals surface area contributed by atoms with Crippen LogP contribution in [0.15, 0.2) is 97.1 Å². The first kappa shape index (κ1) is 30.1. The van der Waals surface area contributed by atoms with Gasteiger partial charge < -0.3 is 10.3 Å². The van der Waals surface area contributed by atoms with Crippen molar-refractivity contribution >= 4 is 16.5 Å². The van der Waals surface area contributed by atoms with Gasteiger partial charge in [0.25, 0.3) is 0 Å². The number of likely N-dealkylation sites (tertiary alicyclic amines) is 1. The monoisotopic (exact) mass is 562 g/mol. The van der Waals surface area contributed by atoms with Crippen LogP contribution in [-0.2, 0) is 17.7 Å². The van der Waals surface area contributed by atoms with Gasteiger partial charge in [0.1, 0.15) is 6.23 Å². The number of nitrogens with zero attached hydrogens (tertiary/aromatic N) is 1. The smallest absolute Gasteiger partial charge is 0.134 e. The van der Waals surface area contributed by atoms with E-state index in [1.807, 2.05) is 6.92 Å². The first-order chi connectivity index (χ1) is 20.6. The van der Waals surface area contributed by atoms with Gasteiger partial charge in [-0.15, -0.1) is 0 Å². The fraction of sp³-hybridized carbons (Fsp3) is 0.378. The first-order valence-corrected chi connectivity index (χ1v) is 15.6. The summed E-state index contributed by atoms with van der Waals surface area (Å²) in [7, 11) is 0. The molecule has 5 rings (SSSR count). The number of benzene rings is 4. The van der Waals surface area contributed by atoms with Gasteiger partial charge in [0.2, 0.25) is 0 Å². The van der Waals surface area contributed by atoms with Gasteiger partial charge in [0.05, 0.1) is 0 Å². The highest BCUT2D eigenvalue weighted by Gasteiger charge is 2.22. The molecule has 1 heterocycles. The molecule has 5 nitrogen and oxygen atoms in total. The molecule has 0 aromatic heterocycles. The Hall–Kier alpha value is -3.35. The number of hydrogen-bond acceptors (Lipinski definition) is 5. The SMILES string of the molecule is CCCC(NC(Cc1ccccc1)ON[C@H](Cc1ccc(C(C)=N)cc1)CN1CCCC1)c1ccc2ccccc2c1. The highest BCUT2D eigenvalue weighted by molar-refractivity contribution is 5.96. The Balaban J connectivity index is 1.34. The summed E-state index contributed by atoms with van der Waals surface area (Å²) in [5.74, 6) is 0. The van der Waals surface area contributed by atoms with Crippen LogP contribution >= 0.6 is 0 Å². The van der Waals surface area contributed by atoms with Crippen LogP contribution < -0.4 is 10.8 Å². The quantitative estimate of drug-likeness (QED) is 0.0800. The van der Waals surface area contributed by atoms with Crippen molar-refractivity contribution in [2.45, 2.75) is 70.7 Å². The van der Waals surface area contributed by atoms with E-state index in [1.165, 1.54) is 40.3 Å². The van der Waals surface area contributed by atoms with E-state index < -0.39 is 0 Å². The van der Waals surface area contributed by atoms with Gasteiger partial charge in [-0.3, -0.25) is 10.2 Å². The third-order valence-corrected chi connectivity index (χ3v) is 8.33. The maximum Gasteiger partial charge on any atom is 0.134 e. The van der Waals surface area contributed by atoms with Gasteiger partial charge in [-0.25, -0.2) is 0 Å². The van der Waals surface area contributed by atoms with E-state index in [-0.39, 0.29) is 18.3 Å². The average molecular weight is 563 g/mol. The van der Waals surface area contributed by atoms with Crippen LogP contribution in [0, 0.1) is 5.41 Å². The van der Waals surface area contributed by atoms with Crippen LogP contribution in [0.3, 0.4) is 0 Å². The minimum Gasteiger partial charge on any atom is -0.305 e. The molecule has 3 N–H and O–H groups in total. The number of hydroxylamine groups is 1. The van der Waals surface area contributed by atoms with Crippen molar-refractivity contribution in [1.82, 2.24) is 15.7 Å². The summed E-state index contributed by atoms with van der Waals surface area (Å²) in [5, 5.41) is 14.4. The van der Waals surface area contributed by atoms with E-state index >= 15 is 0 Å². The van der Waals surface area contributed by atoms with Crippen LogP contribution in [0.4, 0.5) is 0 Å². The normalized spacial score (nSPS) is 16.0. The largest absolute Gasteiger partial charge is 0.305 e. The van der Waals surface area contributed by atoms with Crippen LogP contribution in [0.5, 0.6) is 0 Å². The Morgan fingerprint density at radius 1 is 0.833 bits per heavy atom. The van der Waals surface area contributed by atoms with Crippen molar-refractivity contribution in [3.8, 4) is 0 Å². The Labute approximate surface area is 251 Å². The van der Waals surface area contributed by atoms with Gasteiger partial charge in [-0.1, -0.05) is 104 Å². The molecule has 3 atom stereocenters. The summed E-state index contributed by atoms with van der Waals surface area (Å²) in [6, 6.07) is 34.8. The van der Waals surface area contributed by atoms with E-state index in [0.29, 0.717) is 5.71 Å². The van der Waals surface area contributed by atoms with Crippen molar-refractivity contribution in [2.24, 2.45) is 0 Å². The summed E-state index contributed by atoms with van der Waals surface area (Å²) in [4.78, 5) is 9.16. The molecular formula is C37H46N4O. The standard InChI is InChI=1S/C37H46N4O/c1-3-11-36(34-21-20-32-14-7-8-15-33(32)26-34)39-37(25-29-12-5-4-6-13-29)42-40-35(27-41-22-9-10-23-41)24-30-16-18-31(19-17-30)28(2)38/h4-8,12-21,26,35-40H,3,9-11,22-25,27H2,1-2H3/t35-,36?,37?/m1/s1. The zero-order valence-corrected chi connectivity index (χ0v) is 25.2. The second kappa shape index (κ2) is 15.2. The Kier molecular flexibility index (Phi) is 10.9. The maximum absolute atomic E-state index is 7.94. The molecule has 4 aromatic rings. The zero-order chi connectivity index (χ0) is 29.1. The van der Waals surface area contributed by atoms with E-state index in [9.17, 15) is 0 Å². The lowest BCUT2D eigenvalue weighted by molar-refractivity contribution is -0.0686. The van der Waals surface area contributed by atoms with Crippen molar-refractivity contribution in [3.63, 3.8) is 0 Å². The average Bonchev–Trinajstić information content (AvgIpc) is 3.53. The predicted octanol–water partition coefficient (Wildman–Crippen LogP) is 7.46. The van der Waals surface area contributed by atoms with E-state index in [2.05, 4.69) is 120 Å². The van der Waals surface area contributed by atoms with Gasteiger partial charge in [-0.05, 0) is 84.8 Å². The van der Waals surface area contributed by atoms with Gasteiger partial charge in [-0.2, -0.15) is 5.48 Å². The lowest BCUT2D eigenvalue weighted by Crippen LogP contribution is -2.47. The molecule has 0 bridgehead atoms. The number of hydrogen-bond donors (Lipinski definition) is 3. The Bertz CT molecular complexity index is 1400. The Morgan fingerprint density at radius 3 is 2.24 bits per heavy atom. The maximum atomic E-state index is 7.94. The fourth-order valence-corrected chi connectivity index (χ4v) is 6.02.